The van der Waals surface area contributed by atoms with E-state index < -0.39 is 11.3 Å². The number of nitrogens with zero attached hydrogens (tertiary/aromatic N) is 3. The van der Waals surface area contributed by atoms with Crippen molar-refractivity contribution in [2.45, 2.75) is 39.5 Å². The summed E-state index contributed by atoms with van der Waals surface area (Å²) >= 11 is -2.27. The summed E-state index contributed by atoms with van der Waals surface area (Å²) in [4.78, 5) is 16.7. The number of carbonyl (C=O) groups excluding carboxylic acids is 1. The molecule has 0 bridgehead atoms. The van der Waals surface area contributed by atoms with Gasteiger partial charge in [0.1, 0.15) is 0 Å². The maximum Gasteiger partial charge on any atom is 0.224 e. The topological polar surface area (TPSA) is 79.0 Å². The number of rotatable bonds is 11. The minimum absolute atomic E-state index is 0.0567. The molecular formula is C25H35N4O3S-. The van der Waals surface area contributed by atoms with E-state index in [0.29, 0.717) is 13.0 Å². The molecule has 1 N–H and O–H groups in total. The smallest absolute Gasteiger partial charge is 0.224 e. The van der Waals surface area contributed by atoms with Gasteiger partial charge in [0, 0.05) is 67.5 Å². The molecule has 1 unspecified atom stereocenters. The second kappa shape index (κ2) is 12.7. The zero-order chi connectivity index (χ0) is 23.6. The van der Waals surface area contributed by atoms with Crippen LogP contribution < -0.4 is 14.5 Å². The van der Waals surface area contributed by atoms with E-state index in [1.54, 1.807) is 0 Å². The molecule has 1 heterocycles. The molecule has 1 aliphatic rings. The Morgan fingerprint density at radius 1 is 1.09 bits per heavy atom. The van der Waals surface area contributed by atoms with Crippen LogP contribution in [0.4, 0.5) is 17.1 Å². The van der Waals surface area contributed by atoms with E-state index in [-0.39, 0.29) is 5.91 Å². The molecule has 0 aromatic heterocycles. The molecule has 33 heavy (non-hydrogen) atoms. The molecule has 0 spiro atoms. The normalized spacial score (nSPS) is 15.3. The zero-order valence-corrected chi connectivity index (χ0v) is 20.5. The van der Waals surface area contributed by atoms with Crippen molar-refractivity contribution in [3.05, 3.63) is 54.1 Å². The Hall–Kier alpha value is -2.42. The predicted molar refractivity (Wildman–Crippen MR) is 135 cm³/mol. The lowest BCUT2D eigenvalue weighted by Gasteiger charge is -2.36. The lowest BCUT2D eigenvalue weighted by Crippen LogP contribution is -2.46. The number of anilines is 3. The zero-order valence-electron chi connectivity index (χ0n) is 19.7. The van der Waals surface area contributed by atoms with Crippen LogP contribution >= 0.6 is 0 Å². The minimum atomic E-state index is -2.27. The molecule has 8 heteroatoms. The lowest BCUT2D eigenvalue weighted by atomic mass is 10.2. The maximum atomic E-state index is 11.9. The van der Waals surface area contributed by atoms with Gasteiger partial charge in [-0.3, -0.25) is 13.9 Å². The summed E-state index contributed by atoms with van der Waals surface area (Å²) < 4.78 is 24.7. The number of hydrogen-bond donors (Lipinski definition) is 1. The van der Waals surface area contributed by atoms with Crippen molar-refractivity contribution in [1.82, 2.24) is 4.90 Å². The molecule has 0 radical (unpaired) electrons. The molecule has 0 saturated carbocycles. The van der Waals surface area contributed by atoms with Gasteiger partial charge in [-0.2, -0.15) is 0 Å². The van der Waals surface area contributed by atoms with Crippen molar-refractivity contribution < 1.29 is 13.6 Å². The molecule has 0 aliphatic carbocycles. The van der Waals surface area contributed by atoms with Crippen molar-refractivity contribution in [2.24, 2.45) is 0 Å². The number of nitrogens with one attached hydrogen (secondary N) is 1. The summed E-state index contributed by atoms with van der Waals surface area (Å²) in [5.41, 5.74) is 3.82. The number of hydrogen-bond acceptors (Lipinski definition) is 5. The van der Waals surface area contributed by atoms with Crippen LogP contribution in [0.1, 0.15) is 38.2 Å². The quantitative estimate of drug-likeness (QED) is 0.397. The standard InChI is InChI=1S/C25H36N4O3S/c1-3-7-25(30)26-22-8-6-9-24(20-22)28-18-16-27(17-19-28)14-4-5-15-29(33(31)32)23-12-10-21(2)11-13-23/h6,8-13,20H,3-5,7,14-19H2,1-2H3,(H,26,30)(H,31,32)/p-1. The number of unbranched alkanes of at least 4 members (excludes halogenated alkanes) is 1. The molecule has 2 aromatic carbocycles. The Bertz CT molecular complexity index is 914. The molecule has 1 atom stereocenters. The average Bonchev–Trinajstić information content (AvgIpc) is 2.80. The van der Waals surface area contributed by atoms with Crippen LogP contribution in [-0.4, -0.2) is 58.8 Å². The third-order valence-corrected chi connectivity index (χ3v) is 6.69. The molecule has 1 saturated heterocycles. The summed E-state index contributed by atoms with van der Waals surface area (Å²) in [6.45, 7) is 9.27. The largest absolute Gasteiger partial charge is 0.755 e. The molecule has 1 amide bonds. The summed E-state index contributed by atoms with van der Waals surface area (Å²) in [7, 11) is 0. The SMILES string of the molecule is CCCC(=O)Nc1cccc(N2CCN(CCCCN(c3ccc(C)cc3)S(=O)[O-])CC2)c1. The molecule has 180 valence electrons. The highest BCUT2D eigenvalue weighted by Crippen LogP contribution is 2.22. The van der Waals surface area contributed by atoms with E-state index in [4.69, 9.17) is 0 Å². The van der Waals surface area contributed by atoms with Gasteiger partial charge in [0.2, 0.25) is 5.91 Å². The van der Waals surface area contributed by atoms with Gasteiger partial charge < -0.3 is 19.1 Å². The van der Waals surface area contributed by atoms with Gasteiger partial charge in [-0.15, -0.1) is 0 Å². The van der Waals surface area contributed by atoms with Crippen molar-refractivity contribution in [1.29, 1.82) is 0 Å². The predicted octanol–water partition coefficient (Wildman–Crippen LogP) is 3.94. The fraction of sp³-hybridized carbons (Fsp3) is 0.480. The van der Waals surface area contributed by atoms with Crippen LogP contribution in [0.15, 0.2) is 48.5 Å². The van der Waals surface area contributed by atoms with Crippen molar-refractivity contribution in [3.63, 3.8) is 0 Å². The van der Waals surface area contributed by atoms with Crippen molar-refractivity contribution in [3.8, 4) is 0 Å². The number of carbonyl (C=O) groups is 1. The van der Waals surface area contributed by atoms with E-state index in [0.717, 1.165) is 74.6 Å². The molecule has 1 fully saturated rings. The van der Waals surface area contributed by atoms with E-state index in [1.165, 1.54) is 4.31 Å². The fourth-order valence-electron chi connectivity index (χ4n) is 4.05. The second-order valence-electron chi connectivity index (χ2n) is 8.54. The monoisotopic (exact) mass is 471 g/mol. The van der Waals surface area contributed by atoms with Crippen molar-refractivity contribution >= 4 is 34.2 Å². The lowest BCUT2D eigenvalue weighted by molar-refractivity contribution is -0.116. The van der Waals surface area contributed by atoms with Gasteiger partial charge in [0.25, 0.3) is 0 Å². The average molecular weight is 472 g/mol. The van der Waals surface area contributed by atoms with Crippen LogP contribution in [0.25, 0.3) is 0 Å². The van der Waals surface area contributed by atoms with Crippen LogP contribution in [0, 0.1) is 6.92 Å². The fourth-order valence-corrected chi connectivity index (χ4v) is 4.62. The van der Waals surface area contributed by atoms with Gasteiger partial charge in [-0.25, -0.2) is 0 Å². The highest BCUT2D eigenvalue weighted by atomic mass is 32.2. The van der Waals surface area contributed by atoms with Crippen molar-refractivity contribution in [2.75, 3.05) is 53.8 Å². The Labute approximate surface area is 200 Å². The van der Waals surface area contributed by atoms with Gasteiger partial charge in [0.05, 0.1) is 0 Å². The van der Waals surface area contributed by atoms with Crippen LogP contribution in [-0.2, 0) is 16.1 Å². The Morgan fingerprint density at radius 2 is 1.82 bits per heavy atom. The van der Waals surface area contributed by atoms with E-state index >= 15 is 0 Å². The first kappa shape index (κ1) is 25.2. The minimum Gasteiger partial charge on any atom is -0.755 e. The third-order valence-electron chi connectivity index (χ3n) is 5.93. The van der Waals surface area contributed by atoms with Gasteiger partial charge in [0.15, 0.2) is 0 Å². The number of aryl methyl sites for hydroxylation is 1. The highest BCUT2D eigenvalue weighted by Gasteiger charge is 2.17. The van der Waals surface area contributed by atoms with E-state index in [9.17, 15) is 13.6 Å². The summed E-state index contributed by atoms with van der Waals surface area (Å²) in [5.74, 6) is 0.0567. The van der Waals surface area contributed by atoms with Crippen LogP contribution in [0.2, 0.25) is 0 Å². The van der Waals surface area contributed by atoms with Crippen LogP contribution in [0.5, 0.6) is 0 Å². The van der Waals surface area contributed by atoms with Gasteiger partial charge >= 0.3 is 0 Å². The molecule has 1 aliphatic heterocycles. The first-order valence-corrected chi connectivity index (χ1v) is 12.8. The maximum absolute atomic E-state index is 11.9. The molecule has 2 aromatic rings. The summed E-state index contributed by atoms with van der Waals surface area (Å²) in [6, 6.07) is 15.6. The number of piperazine rings is 1. The number of amides is 1. The van der Waals surface area contributed by atoms with Gasteiger partial charge in [-0.05, 0) is 63.1 Å². The first-order valence-electron chi connectivity index (χ1n) is 11.8. The Kier molecular flexibility index (Phi) is 9.72. The summed E-state index contributed by atoms with van der Waals surface area (Å²) in [6.07, 6.45) is 3.16. The molecular weight excluding hydrogens is 436 g/mol. The Morgan fingerprint density at radius 3 is 2.48 bits per heavy atom. The van der Waals surface area contributed by atoms with Crippen LogP contribution in [0.3, 0.4) is 0 Å². The first-order chi connectivity index (χ1) is 16.0. The van der Waals surface area contributed by atoms with E-state index in [1.807, 2.05) is 56.3 Å². The van der Waals surface area contributed by atoms with E-state index in [2.05, 4.69) is 21.2 Å². The summed E-state index contributed by atoms with van der Waals surface area (Å²) in [5, 5.41) is 2.97. The second-order valence-corrected chi connectivity index (χ2v) is 9.41. The molecule has 7 nitrogen and oxygen atoms in total. The van der Waals surface area contributed by atoms with Gasteiger partial charge in [-0.1, -0.05) is 30.7 Å². The highest BCUT2D eigenvalue weighted by molar-refractivity contribution is 7.80. The third kappa shape index (κ3) is 7.84. The molecule has 3 rings (SSSR count). The number of benzene rings is 2. The Balaban J connectivity index is 1.41.